The molecule has 0 aliphatic rings. The molecular formula is C26H17Cl3O5S. The van der Waals surface area contributed by atoms with Gasteiger partial charge in [0, 0.05) is 20.7 Å². The Bertz CT molecular complexity index is 1460. The zero-order valence-corrected chi connectivity index (χ0v) is 21.5. The van der Waals surface area contributed by atoms with E-state index in [0.29, 0.717) is 37.6 Å². The summed E-state index contributed by atoms with van der Waals surface area (Å²) in [5.41, 5.74) is 2.56. The number of fused-ring (bicyclic) bond motifs is 1. The minimum Gasteiger partial charge on any atom is -0.508 e. The quantitative estimate of drug-likeness (QED) is 0.143. The standard InChI is InChI=1S/C26H17Cl3O5S/c1-13-7-16(27)8-14(2)22(13)23(32)26-24(18-4-3-17(31)11-21(18)35-26)34-25-19(28)9-15(10-20(25)29)5-6-33-12-30/h3-12,31H,1-2H3/b6-5+. The Balaban J connectivity index is 1.85. The summed E-state index contributed by atoms with van der Waals surface area (Å²) in [6, 6.07) is 11.4. The summed E-state index contributed by atoms with van der Waals surface area (Å²) in [6.07, 6.45) is 2.71. The van der Waals surface area contributed by atoms with Gasteiger partial charge in [0.05, 0.1) is 16.3 Å². The highest BCUT2D eigenvalue weighted by Crippen LogP contribution is 2.46. The summed E-state index contributed by atoms with van der Waals surface area (Å²) in [6.45, 7) is 3.93. The highest BCUT2D eigenvalue weighted by atomic mass is 35.5. The molecule has 0 saturated carbocycles. The second kappa shape index (κ2) is 10.3. The number of hydrogen-bond acceptors (Lipinski definition) is 6. The number of phenolic OH excluding ortho intramolecular Hbond substituents is 1. The highest BCUT2D eigenvalue weighted by Gasteiger charge is 2.26. The lowest BCUT2D eigenvalue weighted by atomic mass is 9.98. The molecule has 4 aromatic rings. The van der Waals surface area contributed by atoms with Gasteiger partial charge in [-0.1, -0.05) is 34.8 Å². The molecule has 4 rings (SSSR count). The van der Waals surface area contributed by atoms with E-state index in [1.165, 1.54) is 29.7 Å². The van der Waals surface area contributed by atoms with Crippen LogP contribution in [0.5, 0.6) is 17.2 Å². The molecule has 0 bridgehead atoms. The molecule has 0 amide bonds. The van der Waals surface area contributed by atoms with Crippen LogP contribution < -0.4 is 4.74 Å². The number of carbonyl (C=O) groups is 2. The van der Waals surface area contributed by atoms with Crippen molar-refractivity contribution in [3.05, 3.63) is 90.9 Å². The number of aryl methyl sites for hydroxylation is 2. The van der Waals surface area contributed by atoms with Crippen LogP contribution in [-0.4, -0.2) is 17.4 Å². The second-order valence-electron chi connectivity index (χ2n) is 7.64. The summed E-state index contributed by atoms with van der Waals surface area (Å²) >= 11 is 20.3. The summed E-state index contributed by atoms with van der Waals surface area (Å²) in [5.74, 6) is 0.256. The van der Waals surface area contributed by atoms with Crippen LogP contribution in [0.1, 0.15) is 31.9 Å². The number of aromatic hydroxyl groups is 1. The van der Waals surface area contributed by atoms with Crippen molar-refractivity contribution in [3.63, 3.8) is 0 Å². The normalized spacial score (nSPS) is 11.2. The van der Waals surface area contributed by atoms with Gasteiger partial charge in [-0.25, -0.2) is 0 Å². The Kier molecular flexibility index (Phi) is 7.38. The zero-order valence-electron chi connectivity index (χ0n) is 18.4. The lowest BCUT2D eigenvalue weighted by Gasteiger charge is -2.13. The molecule has 5 nitrogen and oxygen atoms in total. The van der Waals surface area contributed by atoms with Crippen LogP contribution in [0.4, 0.5) is 0 Å². The molecule has 0 saturated heterocycles. The third-order valence-corrected chi connectivity index (χ3v) is 7.09. The molecule has 0 fully saturated rings. The molecule has 0 unspecified atom stereocenters. The van der Waals surface area contributed by atoms with Gasteiger partial charge in [-0.2, -0.15) is 0 Å². The maximum Gasteiger partial charge on any atom is 0.297 e. The molecule has 35 heavy (non-hydrogen) atoms. The number of phenols is 1. The lowest BCUT2D eigenvalue weighted by molar-refractivity contribution is -0.123. The Morgan fingerprint density at radius 2 is 1.63 bits per heavy atom. The number of ketones is 1. The topological polar surface area (TPSA) is 72.8 Å². The zero-order chi connectivity index (χ0) is 25.3. The van der Waals surface area contributed by atoms with Crippen molar-refractivity contribution >= 4 is 74.6 Å². The first-order chi connectivity index (χ1) is 16.7. The fourth-order valence-corrected chi connectivity index (χ4v) is 5.74. The number of carbonyl (C=O) groups excluding carboxylic acids is 2. The Morgan fingerprint density at radius 1 is 0.971 bits per heavy atom. The molecule has 1 N–H and O–H groups in total. The van der Waals surface area contributed by atoms with Crippen molar-refractivity contribution < 1.29 is 24.2 Å². The lowest BCUT2D eigenvalue weighted by Crippen LogP contribution is -2.06. The molecule has 1 aromatic heterocycles. The fraction of sp³-hybridized carbons (Fsp3) is 0.0769. The number of rotatable bonds is 7. The van der Waals surface area contributed by atoms with Gasteiger partial charge in [-0.15, -0.1) is 11.3 Å². The van der Waals surface area contributed by atoms with E-state index in [2.05, 4.69) is 4.74 Å². The molecule has 3 aromatic carbocycles. The van der Waals surface area contributed by atoms with Crippen LogP contribution >= 0.6 is 46.1 Å². The van der Waals surface area contributed by atoms with E-state index in [4.69, 9.17) is 39.5 Å². The third-order valence-electron chi connectivity index (χ3n) is 5.18. The summed E-state index contributed by atoms with van der Waals surface area (Å²) in [4.78, 5) is 24.4. The van der Waals surface area contributed by atoms with Gasteiger partial charge in [-0.3, -0.25) is 9.59 Å². The number of hydrogen-bond donors (Lipinski definition) is 1. The van der Waals surface area contributed by atoms with Crippen molar-refractivity contribution in [3.8, 4) is 17.2 Å². The van der Waals surface area contributed by atoms with Crippen LogP contribution in [0.15, 0.2) is 48.7 Å². The Labute approximate surface area is 220 Å². The largest absolute Gasteiger partial charge is 0.508 e. The molecular weight excluding hydrogens is 531 g/mol. The van der Waals surface area contributed by atoms with Crippen molar-refractivity contribution in [1.29, 1.82) is 0 Å². The minimum atomic E-state index is -0.245. The smallest absolute Gasteiger partial charge is 0.297 e. The van der Waals surface area contributed by atoms with E-state index in [1.807, 2.05) is 13.8 Å². The molecule has 0 aliphatic carbocycles. The van der Waals surface area contributed by atoms with Crippen LogP contribution in [-0.2, 0) is 9.53 Å². The van der Waals surface area contributed by atoms with E-state index in [-0.39, 0.29) is 33.1 Å². The number of thiophene rings is 1. The van der Waals surface area contributed by atoms with Gasteiger partial charge < -0.3 is 14.6 Å². The van der Waals surface area contributed by atoms with E-state index in [0.717, 1.165) is 11.1 Å². The first-order valence-corrected chi connectivity index (χ1v) is 12.1. The van der Waals surface area contributed by atoms with E-state index >= 15 is 0 Å². The first-order valence-electron chi connectivity index (χ1n) is 10.2. The average molecular weight is 548 g/mol. The van der Waals surface area contributed by atoms with Crippen LogP contribution in [0.3, 0.4) is 0 Å². The maximum absolute atomic E-state index is 13.7. The predicted molar refractivity (Wildman–Crippen MR) is 141 cm³/mol. The third kappa shape index (κ3) is 5.16. The number of halogens is 3. The van der Waals surface area contributed by atoms with Crippen molar-refractivity contribution in [1.82, 2.24) is 0 Å². The summed E-state index contributed by atoms with van der Waals surface area (Å²) in [7, 11) is 0. The minimum absolute atomic E-state index is 0.0629. The van der Waals surface area contributed by atoms with Gasteiger partial charge in [0.15, 0.2) is 11.5 Å². The van der Waals surface area contributed by atoms with E-state index < -0.39 is 0 Å². The monoisotopic (exact) mass is 546 g/mol. The number of benzene rings is 3. The highest BCUT2D eigenvalue weighted by molar-refractivity contribution is 7.21. The van der Waals surface area contributed by atoms with Gasteiger partial charge >= 0.3 is 0 Å². The average Bonchev–Trinajstić information content (AvgIpc) is 3.13. The van der Waals surface area contributed by atoms with Gasteiger partial charge in [0.1, 0.15) is 10.6 Å². The van der Waals surface area contributed by atoms with E-state index in [1.54, 1.807) is 36.4 Å². The fourth-order valence-electron chi connectivity index (χ4n) is 3.72. The van der Waals surface area contributed by atoms with Crippen molar-refractivity contribution in [2.24, 2.45) is 0 Å². The Hall–Kier alpha value is -3.03. The molecule has 0 radical (unpaired) electrons. The summed E-state index contributed by atoms with van der Waals surface area (Å²) in [5, 5.41) is 11.5. The van der Waals surface area contributed by atoms with Gasteiger partial charge in [-0.05, 0) is 79.1 Å². The first kappa shape index (κ1) is 25.1. The van der Waals surface area contributed by atoms with E-state index in [9.17, 15) is 14.7 Å². The molecule has 0 aliphatic heterocycles. The van der Waals surface area contributed by atoms with Crippen LogP contribution in [0.25, 0.3) is 16.2 Å². The Morgan fingerprint density at radius 3 is 2.26 bits per heavy atom. The molecule has 9 heteroatoms. The predicted octanol–water partition coefficient (Wildman–Crippen LogP) is 8.35. The molecule has 1 heterocycles. The second-order valence-corrected chi connectivity index (χ2v) is 9.94. The maximum atomic E-state index is 13.7. The van der Waals surface area contributed by atoms with Crippen LogP contribution in [0, 0.1) is 13.8 Å². The SMILES string of the molecule is Cc1cc(Cl)cc(C)c1C(=O)c1sc2cc(O)ccc2c1Oc1c(Cl)cc(/C=C/OC=O)cc1Cl. The van der Waals surface area contributed by atoms with Gasteiger partial charge in [0.2, 0.25) is 5.78 Å². The molecule has 0 spiro atoms. The van der Waals surface area contributed by atoms with Crippen molar-refractivity contribution in [2.45, 2.75) is 13.8 Å². The van der Waals surface area contributed by atoms with Crippen molar-refractivity contribution in [2.75, 3.05) is 0 Å². The van der Waals surface area contributed by atoms with Crippen LogP contribution in [0.2, 0.25) is 15.1 Å². The van der Waals surface area contributed by atoms with Gasteiger partial charge in [0.25, 0.3) is 6.47 Å². The number of ether oxygens (including phenoxy) is 2. The molecule has 0 atom stereocenters. The summed E-state index contributed by atoms with van der Waals surface area (Å²) < 4.78 is 11.4. The molecule has 178 valence electrons.